The maximum atomic E-state index is 11.6. The first-order valence-electron chi connectivity index (χ1n) is 4.55. The average molecular weight is 306 g/mol. The van der Waals surface area contributed by atoms with Crippen LogP contribution < -0.4 is 11.1 Å². The second-order valence-corrected chi connectivity index (χ2v) is 5.53. The molecule has 16 heavy (non-hydrogen) atoms. The van der Waals surface area contributed by atoms with Crippen LogP contribution in [-0.2, 0) is 0 Å². The van der Waals surface area contributed by atoms with E-state index in [0.717, 1.165) is 9.35 Å². The van der Waals surface area contributed by atoms with E-state index in [1.54, 1.807) is 0 Å². The van der Waals surface area contributed by atoms with Crippen LogP contribution in [0.3, 0.4) is 0 Å². The van der Waals surface area contributed by atoms with Gasteiger partial charge in [-0.15, -0.1) is 11.3 Å². The Labute approximate surface area is 105 Å². The van der Waals surface area contributed by atoms with Gasteiger partial charge in [0.15, 0.2) is 0 Å². The van der Waals surface area contributed by atoms with Gasteiger partial charge in [0.05, 0.1) is 8.66 Å². The van der Waals surface area contributed by atoms with Crippen LogP contribution in [0.25, 0.3) is 0 Å². The van der Waals surface area contributed by atoms with Gasteiger partial charge in [-0.25, -0.2) is 0 Å². The van der Waals surface area contributed by atoms with Crippen LogP contribution in [0.2, 0.25) is 0 Å². The molecule has 0 unspecified atom stereocenters. The van der Waals surface area contributed by atoms with Gasteiger partial charge < -0.3 is 16.3 Å². The molecule has 0 aliphatic heterocycles. The summed E-state index contributed by atoms with van der Waals surface area (Å²) in [5.41, 5.74) is 6.30. The van der Waals surface area contributed by atoms with Gasteiger partial charge in [-0.05, 0) is 34.5 Å². The molecule has 0 aliphatic rings. The Balaban J connectivity index is 2.47. The number of nitrogens with two attached hydrogens (primary N) is 1. The quantitative estimate of drug-likeness (QED) is 0.342. The number of halogens is 1. The van der Waals surface area contributed by atoms with Crippen molar-refractivity contribution in [1.82, 2.24) is 5.32 Å². The summed E-state index contributed by atoms with van der Waals surface area (Å²) in [5, 5.41) is 13.8. The number of nitrogens with zero attached hydrogens (tertiary/aromatic N) is 1. The molecule has 4 N–H and O–H groups in total. The van der Waals surface area contributed by atoms with Crippen molar-refractivity contribution < 1.29 is 10.0 Å². The van der Waals surface area contributed by atoms with E-state index in [0.29, 0.717) is 17.8 Å². The third-order valence-corrected chi connectivity index (χ3v) is 4.01. The van der Waals surface area contributed by atoms with Gasteiger partial charge in [-0.1, -0.05) is 5.16 Å². The number of amides is 1. The average Bonchev–Trinajstić information content (AvgIpc) is 2.59. The van der Waals surface area contributed by atoms with Crippen LogP contribution in [0, 0.1) is 6.92 Å². The second kappa shape index (κ2) is 5.86. The summed E-state index contributed by atoms with van der Waals surface area (Å²) in [6.45, 7) is 2.27. The van der Waals surface area contributed by atoms with Crippen molar-refractivity contribution in [2.24, 2.45) is 10.9 Å². The third-order valence-electron chi connectivity index (χ3n) is 1.88. The van der Waals surface area contributed by atoms with E-state index in [-0.39, 0.29) is 11.7 Å². The highest BCUT2D eigenvalue weighted by Gasteiger charge is 2.10. The van der Waals surface area contributed by atoms with Gasteiger partial charge in [0.25, 0.3) is 5.91 Å². The molecule has 1 aromatic rings. The van der Waals surface area contributed by atoms with Gasteiger partial charge in [0.2, 0.25) is 0 Å². The topological polar surface area (TPSA) is 87.7 Å². The number of carbonyl (C=O) groups is 1. The summed E-state index contributed by atoms with van der Waals surface area (Å²) in [7, 11) is 0. The van der Waals surface area contributed by atoms with Gasteiger partial charge in [-0.3, -0.25) is 4.79 Å². The molecular formula is C9H12BrN3O2S. The molecule has 0 radical (unpaired) electrons. The van der Waals surface area contributed by atoms with E-state index in [9.17, 15) is 4.79 Å². The first-order chi connectivity index (χ1) is 7.54. The number of hydrogen-bond donors (Lipinski definition) is 3. The normalized spacial score (nSPS) is 11.5. The monoisotopic (exact) mass is 305 g/mol. The van der Waals surface area contributed by atoms with Gasteiger partial charge in [-0.2, -0.15) is 0 Å². The molecule has 0 spiro atoms. The Morgan fingerprint density at radius 1 is 1.75 bits per heavy atom. The molecule has 0 fully saturated rings. The molecule has 0 aromatic carbocycles. The van der Waals surface area contributed by atoms with Gasteiger partial charge in [0.1, 0.15) is 5.84 Å². The minimum absolute atomic E-state index is 0.101. The molecule has 0 saturated heterocycles. The predicted octanol–water partition coefficient (Wildman–Crippen LogP) is 1.69. The van der Waals surface area contributed by atoms with Crippen LogP contribution in [0.4, 0.5) is 0 Å². The maximum Gasteiger partial charge on any atom is 0.261 e. The standard InChI is InChI=1S/C9H12BrN3O2S/c1-5-4-6(16-8(5)10)9(14)12-3-2-7(11)13-15/h4,15H,2-3H2,1H3,(H2,11,13)(H,12,14). The zero-order valence-corrected chi connectivity index (χ0v) is 11.1. The van der Waals surface area contributed by atoms with E-state index in [2.05, 4.69) is 26.4 Å². The van der Waals surface area contributed by atoms with Crippen molar-refractivity contribution in [1.29, 1.82) is 0 Å². The van der Waals surface area contributed by atoms with Crippen molar-refractivity contribution in [3.63, 3.8) is 0 Å². The molecule has 1 amide bonds. The molecule has 1 rings (SSSR count). The van der Waals surface area contributed by atoms with E-state index in [1.807, 2.05) is 13.0 Å². The molecule has 1 aromatic heterocycles. The van der Waals surface area contributed by atoms with Crippen molar-refractivity contribution in [3.05, 3.63) is 20.3 Å². The highest BCUT2D eigenvalue weighted by atomic mass is 79.9. The summed E-state index contributed by atoms with van der Waals surface area (Å²) in [5.74, 6) is -0.0478. The first-order valence-corrected chi connectivity index (χ1v) is 6.16. The van der Waals surface area contributed by atoms with E-state index in [1.165, 1.54) is 11.3 Å². The molecule has 5 nitrogen and oxygen atoms in total. The lowest BCUT2D eigenvalue weighted by atomic mass is 10.3. The number of thiophene rings is 1. The number of carbonyl (C=O) groups excluding carboxylic acids is 1. The minimum atomic E-state index is -0.149. The Kier molecular flexibility index (Phi) is 4.75. The number of hydrogen-bond acceptors (Lipinski definition) is 4. The summed E-state index contributed by atoms with van der Waals surface area (Å²) >= 11 is 4.73. The molecule has 0 bridgehead atoms. The van der Waals surface area contributed by atoms with Crippen molar-refractivity contribution in [3.8, 4) is 0 Å². The smallest absolute Gasteiger partial charge is 0.261 e. The molecular weight excluding hydrogens is 294 g/mol. The number of rotatable bonds is 4. The lowest BCUT2D eigenvalue weighted by Gasteiger charge is -2.01. The Hall–Kier alpha value is -1.08. The molecule has 0 saturated carbocycles. The fourth-order valence-corrected chi connectivity index (χ4v) is 2.46. The Morgan fingerprint density at radius 3 is 2.94 bits per heavy atom. The number of aryl methyl sites for hydroxylation is 1. The van der Waals surface area contributed by atoms with Crippen molar-refractivity contribution in [2.45, 2.75) is 13.3 Å². The van der Waals surface area contributed by atoms with Crippen LogP contribution in [0.15, 0.2) is 15.0 Å². The number of amidine groups is 1. The highest BCUT2D eigenvalue weighted by molar-refractivity contribution is 9.11. The van der Waals surface area contributed by atoms with Crippen LogP contribution in [-0.4, -0.2) is 23.5 Å². The summed E-state index contributed by atoms with van der Waals surface area (Å²) in [4.78, 5) is 12.3. The number of nitrogens with one attached hydrogen (secondary N) is 1. The summed E-state index contributed by atoms with van der Waals surface area (Å²) in [6.07, 6.45) is 0.327. The first kappa shape index (κ1) is 13.0. The van der Waals surface area contributed by atoms with E-state index >= 15 is 0 Å². The second-order valence-electron chi connectivity index (χ2n) is 3.16. The Bertz CT molecular complexity index is 397. The van der Waals surface area contributed by atoms with Crippen LogP contribution in [0.1, 0.15) is 21.7 Å². The minimum Gasteiger partial charge on any atom is -0.409 e. The molecule has 1 heterocycles. The van der Waals surface area contributed by atoms with E-state index < -0.39 is 0 Å². The van der Waals surface area contributed by atoms with Crippen molar-refractivity contribution in [2.75, 3.05) is 6.54 Å². The zero-order chi connectivity index (χ0) is 12.1. The summed E-state index contributed by atoms with van der Waals surface area (Å²) < 4.78 is 0.953. The van der Waals surface area contributed by atoms with Crippen LogP contribution in [0.5, 0.6) is 0 Å². The largest absolute Gasteiger partial charge is 0.409 e. The Morgan fingerprint density at radius 2 is 2.44 bits per heavy atom. The predicted molar refractivity (Wildman–Crippen MR) is 67.1 cm³/mol. The molecule has 88 valence electrons. The lowest BCUT2D eigenvalue weighted by Crippen LogP contribution is -2.27. The molecule has 7 heteroatoms. The fraction of sp³-hybridized carbons (Fsp3) is 0.333. The number of oxime groups is 1. The summed E-state index contributed by atoms with van der Waals surface area (Å²) in [6, 6.07) is 1.81. The lowest BCUT2D eigenvalue weighted by molar-refractivity contribution is 0.0958. The third kappa shape index (κ3) is 3.49. The van der Waals surface area contributed by atoms with Gasteiger partial charge >= 0.3 is 0 Å². The van der Waals surface area contributed by atoms with Crippen LogP contribution >= 0.6 is 27.3 Å². The van der Waals surface area contributed by atoms with E-state index in [4.69, 9.17) is 10.9 Å². The SMILES string of the molecule is Cc1cc(C(=O)NCCC(N)=NO)sc1Br. The molecule has 0 atom stereocenters. The van der Waals surface area contributed by atoms with Gasteiger partial charge in [0, 0.05) is 13.0 Å². The fourth-order valence-electron chi connectivity index (χ4n) is 1.01. The zero-order valence-electron chi connectivity index (χ0n) is 8.66. The highest BCUT2D eigenvalue weighted by Crippen LogP contribution is 2.27. The molecule has 0 aliphatic carbocycles. The van der Waals surface area contributed by atoms with Crippen molar-refractivity contribution >= 4 is 39.0 Å². The maximum absolute atomic E-state index is 11.6.